The molecule has 0 saturated carbocycles. The summed E-state index contributed by atoms with van der Waals surface area (Å²) in [6.45, 7) is 0.550. The maximum absolute atomic E-state index is 12.8. The first-order valence-electron chi connectivity index (χ1n) is 7.13. The van der Waals surface area contributed by atoms with Crippen molar-refractivity contribution in [2.45, 2.75) is 6.54 Å². The molecule has 1 heterocycles. The molecule has 2 aromatic rings. The second-order valence-electron chi connectivity index (χ2n) is 5.18. The molecule has 0 atom stereocenters. The summed E-state index contributed by atoms with van der Waals surface area (Å²) < 4.78 is 28.7. The van der Waals surface area contributed by atoms with E-state index in [1.165, 1.54) is 24.3 Å². The van der Waals surface area contributed by atoms with Crippen molar-refractivity contribution < 1.29 is 23.4 Å². The van der Waals surface area contributed by atoms with Gasteiger partial charge in [0.25, 0.3) is 5.91 Å². The molecule has 0 aliphatic carbocycles. The lowest BCUT2D eigenvalue weighted by Crippen LogP contribution is -2.30. The molecule has 6 heteroatoms. The number of fused-ring (bicyclic) bond motifs is 1. The number of rotatable bonds is 5. The lowest BCUT2D eigenvalue weighted by atomic mass is 10.2. The second kappa shape index (κ2) is 6.56. The summed E-state index contributed by atoms with van der Waals surface area (Å²) in [5.41, 5.74) is 0.937. The topological polar surface area (TPSA) is 48.0 Å². The van der Waals surface area contributed by atoms with Gasteiger partial charge in [-0.25, -0.2) is 4.39 Å². The van der Waals surface area contributed by atoms with Crippen LogP contribution in [0, 0.1) is 5.82 Å². The Morgan fingerprint density at radius 2 is 1.91 bits per heavy atom. The maximum Gasteiger partial charge on any atom is 0.260 e. The molecule has 0 fully saturated rings. The van der Waals surface area contributed by atoms with Crippen molar-refractivity contribution in [3.8, 4) is 17.2 Å². The van der Waals surface area contributed by atoms with Crippen LogP contribution in [0.3, 0.4) is 0 Å². The Bertz CT molecular complexity index is 702. The molecule has 2 aromatic carbocycles. The normalized spacial score (nSPS) is 12.1. The summed E-state index contributed by atoms with van der Waals surface area (Å²) in [4.78, 5) is 13.6. The lowest BCUT2D eigenvalue weighted by molar-refractivity contribution is -0.132. The molecule has 0 N–H and O–H groups in total. The van der Waals surface area contributed by atoms with Gasteiger partial charge in [0.2, 0.25) is 6.79 Å². The number of carbonyl (C=O) groups excluding carboxylic acids is 1. The molecule has 1 aliphatic rings. The van der Waals surface area contributed by atoms with E-state index < -0.39 is 0 Å². The highest BCUT2D eigenvalue weighted by Crippen LogP contribution is 2.32. The van der Waals surface area contributed by atoms with E-state index in [9.17, 15) is 9.18 Å². The molecule has 1 amide bonds. The molecular formula is C17H16FNO4. The third kappa shape index (κ3) is 3.71. The number of likely N-dealkylation sites (N-methyl/N-ethyl adjacent to an activating group) is 1. The highest BCUT2D eigenvalue weighted by atomic mass is 19.1. The van der Waals surface area contributed by atoms with Gasteiger partial charge in [0.15, 0.2) is 18.1 Å². The first-order chi connectivity index (χ1) is 11.1. The van der Waals surface area contributed by atoms with E-state index in [1.807, 2.05) is 18.2 Å². The van der Waals surface area contributed by atoms with Gasteiger partial charge in [-0.2, -0.15) is 0 Å². The zero-order valence-electron chi connectivity index (χ0n) is 12.6. The summed E-state index contributed by atoms with van der Waals surface area (Å²) in [5, 5.41) is 0. The van der Waals surface area contributed by atoms with E-state index in [1.54, 1.807) is 11.9 Å². The molecule has 120 valence electrons. The van der Waals surface area contributed by atoms with Crippen molar-refractivity contribution in [1.29, 1.82) is 0 Å². The third-order valence-corrected chi connectivity index (χ3v) is 3.46. The van der Waals surface area contributed by atoms with Gasteiger partial charge >= 0.3 is 0 Å². The van der Waals surface area contributed by atoms with Crippen molar-refractivity contribution in [1.82, 2.24) is 4.90 Å². The number of amides is 1. The fraction of sp³-hybridized carbons (Fsp3) is 0.235. The van der Waals surface area contributed by atoms with Crippen LogP contribution in [0.25, 0.3) is 0 Å². The van der Waals surface area contributed by atoms with Crippen molar-refractivity contribution in [3.63, 3.8) is 0 Å². The van der Waals surface area contributed by atoms with Gasteiger partial charge in [-0.15, -0.1) is 0 Å². The van der Waals surface area contributed by atoms with Gasteiger partial charge in [-0.3, -0.25) is 4.79 Å². The Kier molecular flexibility index (Phi) is 4.32. The van der Waals surface area contributed by atoms with E-state index >= 15 is 0 Å². The fourth-order valence-corrected chi connectivity index (χ4v) is 2.19. The van der Waals surface area contributed by atoms with E-state index in [4.69, 9.17) is 14.2 Å². The standard InChI is InChI=1S/C17H16FNO4/c1-19(9-12-2-7-15-16(8-12)23-11-22-15)17(20)10-21-14-5-3-13(18)4-6-14/h2-8H,9-11H2,1H3. The number of hydrogen-bond donors (Lipinski definition) is 0. The molecule has 0 spiro atoms. The Balaban J connectivity index is 1.54. The predicted octanol–water partition coefficient (Wildman–Crippen LogP) is 2.59. The Morgan fingerprint density at radius 1 is 1.17 bits per heavy atom. The Labute approximate surface area is 133 Å². The van der Waals surface area contributed by atoms with Gasteiger partial charge < -0.3 is 19.1 Å². The van der Waals surface area contributed by atoms with E-state index in [2.05, 4.69) is 0 Å². The maximum atomic E-state index is 12.8. The van der Waals surface area contributed by atoms with E-state index in [0.29, 0.717) is 23.8 Å². The van der Waals surface area contributed by atoms with Gasteiger partial charge in [-0.05, 0) is 42.0 Å². The van der Waals surface area contributed by atoms with Crippen molar-refractivity contribution in [2.24, 2.45) is 0 Å². The molecule has 0 aromatic heterocycles. The van der Waals surface area contributed by atoms with Gasteiger partial charge in [-0.1, -0.05) is 6.07 Å². The summed E-state index contributed by atoms with van der Waals surface area (Å²) in [5.74, 6) is 1.33. The molecule has 0 unspecified atom stereocenters. The van der Waals surface area contributed by atoms with Crippen LogP contribution in [0.1, 0.15) is 5.56 Å². The first-order valence-corrected chi connectivity index (χ1v) is 7.13. The Hall–Kier alpha value is -2.76. The largest absolute Gasteiger partial charge is 0.484 e. The summed E-state index contributed by atoms with van der Waals surface area (Å²) in [6, 6.07) is 11.1. The second-order valence-corrected chi connectivity index (χ2v) is 5.18. The molecule has 0 bridgehead atoms. The average molecular weight is 317 g/mol. The minimum Gasteiger partial charge on any atom is -0.484 e. The van der Waals surface area contributed by atoms with Crippen LogP contribution >= 0.6 is 0 Å². The van der Waals surface area contributed by atoms with Crippen LogP contribution in [0.15, 0.2) is 42.5 Å². The zero-order valence-corrected chi connectivity index (χ0v) is 12.6. The van der Waals surface area contributed by atoms with E-state index in [0.717, 1.165) is 5.56 Å². The summed E-state index contributed by atoms with van der Waals surface area (Å²) in [6.07, 6.45) is 0. The van der Waals surface area contributed by atoms with Gasteiger partial charge in [0.05, 0.1) is 0 Å². The molecule has 3 rings (SSSR count). The lowest BCUT2D eigenvalue weighted by Gasteiger charge is -2.17. The van der Waals surface area contributed by atoms with Crippen LogP contribution < -0.4 is 14.2 Å². The number of ether oxygens (including phenoxy) is 3. The number of carbonyl (C=O) groups is 1. The van der Waals surface area contributed by atoms with Crippen molar-refractivity contribution >= 4 is 5.91 Å². The molecule has 1 aliphatic heterocycles. The highest BCUT2D eigenvalue weighted by molar-refractivity contribution is 5.77. The minimum absolute atomic E-state index is 0.104. The van der Waals surface area contributed by atoms with Crippen LogP contribution in [-0.2, 0) is 11.3 Å². The SMILES string of the molecule is CN(Cc1ccc2c(c1)OCO2)C(=O)COc1ccc(F)cc1. The zero-order chi connectivity index (χ0) is 16.2. The molecule has 0 saturated heterocycles. The molecule has 5 nitrogen and oxygen atoms in total. The smallest absolute Gasteiger partial charge is 0.260 e. The quantitative estimate of drug-likeness (QED) is 0.850. The predicted molar refractivity (Wildman–Crippen MR) is 80.9 cm³/mol. The average Bonchev–Trinajstić information content (AvgIpc) is 3.01. The van der Waals surface area contributed by atoms with Crippen LogP contribution in [-0.4, -0.2) is 31.3 Å². The van der Waals surface area contributed by atoms with Gasteiger partial charge in [0, 0.05) is 13.6 Å². The van der Waals surface area contributed by atoms with E-state index in [-0.39, 0.29) is 25.1 Å². The first kappa shape index (κ1) is 15.1. The molecule has 23 heavy (non-hydrogen) atoms. The van der Waals surface area contributed by atoms with Crippen LogP contribution in [0.4, 0.5) is 4.39 Å². The number of halogens is 1. The fourth-order valence-electron chi connectivity index (χ4n) is 2.19. The monoisotopic (exact) mass is 317 g/mol. The van der Waals surface area contributed by atoms with Crippen molar-refractivity contribution in [2.75, 3.05) is 20.4 Å². The summed E-state index contributed by atoms with van der Waals surface area (Å²) in [7, 11) is 1.70. The molecule has 0 radical (unpaired) electrons. The number of benzene rings is 2. The van der Waals surface area contributed by atoms with Gasteiger partial charge in [0.1, 0.15) is 11.6 Å². The van der Waals surface area contributed by atoms with Crippen molar-refractivity contribution in [3.05, 3.63) is 53.8 Å². The number of hydrogen-bond acceptors (Lipinski definition) is 4. The summed E-state index contributed by atoms with van der Waals surface area (Å²) >= 11 is 0. The molecular weight excluding hydrogens is 301 g/mol. The van der Waals surface area contributed by atoms with Crippen LogP contribution in [0.2, 0.25) is 0 Å². The highest BCUT2D eigenvalue weighted by Gasteiger charge is 2.15. The Morgan fingerprint density at radius 3 is 2.70 bits per heavy atom. The third-order valence-electron chi connectivity index (χ3n) is 3.46. The minimum atomic E-state index is -0.344. The number of nitrogens with zero attached hydrogens (tertiary/aromatic N) is 1. The van der Waals surface area contributed by atoms with Crippen LogP contribution in [0.5, 0.6) is 17.2 Å².